The monoisotopic (exact) mass is 347 g/mol. The molecule has 0 aliphatic heterocycles. The van der Waals surface area contributed by atoms with Gasteiger partial charge in [-0.1, -0.05) is 24.3 Å². The number of rotatable bonds is 7. The lowest BCUT2D eigenvalue weighted by Crippen LogP contribution is -2.41. The van der Waals surface area contributed by atoms with E-state index in [1.165, 1.54) is 24.3 Å². The van der Waals surface area contributed by atoms with Gasteiger partial charge in [0.1, 0.15) is 11.6 Å². The molecule has 4 nitrogen and oxygen atoms in total. The summed E-state index contributed by atoms with van der Waals surface area (Å²) in [6.45, 7) is 0.754. The van der Waals surface area contributed by atoms with Gasteiger partial charge in [-0.2, -0.15) is 0 Å². The molecular formula is C19H23F2N3O. The van der Waals surface area contributed by atoms with Crippen LogP contribution in [0.15, 0.2) is 48.5 Å². The van der Waals surface area contributed by atoms with E-state index in [1.54, 1.807) is 12.1 Å². The number of benzene rings is 2. The van der Waals surface area contributed by atoms with Crippen molar-refractivity contribution >= 4 is 6.03 Å². The molecule has 0 radical (unpaired) electrons. The number of urea groups is 1. The van der Waals surface area contributed by atoms with Gasteiger partial charge in [-0.05, 0) is 55.9 Å². The van der Waals surface area contributed by atoms with Crippen molar-refractivity contribution < 1.29 is 13.6 Å². The minimum Gasteiger partial charge on any atom is -0.338 e. The topological polar surface area (TPSA) is 44.4 Å². The Bertz CT molecular complexity index is 707. The molecule has 2 amide bonds. The third-order valence-electron chi connectivity index (χ3n) is 3.90. The molecule has 0 fully saturated rings. The fraction of sp³-hybridized carbons (Fsp3) is 0.316. The van der Waals surface area contributed by atoms with E-state index in [1.807, 2.05) is 31.1 Å². The number of hydrogen-bond acceptors (Lipinski definition) is 2. The molecule has 2 N–H and O–H groups in total. The number of nitrogens with one attached hydrogen (secondary N) is 2. The smallest absolute Gasteiger partial charge is 0.314 e. The standard InChI is InChI=1S/C19H23F2N3O/c1-24(2)18(15-6-4-8-17(21)12-15)13-23-19(25)22-10-9-14-5-3-7-16(20)11-14/h3-8,11-12,18H,9-10,13H2,1-2H3,(H2,22,23,25). The molecule has 0 saturated heterocycles. The number of hydrogen-bond donors (Lipinski definition) is 2. The van der Waals surface area contributed by atoms with Crippen LogP contribution < -0.4 is 10.6 Å². The van der Waals surface area contributed by atoms with Gasteiger partial charge >= 0.3 is 6.03 Å². The largest absolute Gasteiger partial charge is 0.338 e. The van der Waals surface area contributed by atoms with Gasteiger partial charge in [0.25, 0.3) is 0 Å². The van der Waals surface area contributed by atoms with E-state index in [4.69, 9.17) is 0 Å². The van der Waals surface area contributed by atoms with Gasteiger partial charge in [0.05, 0.1) is 6.04 Å². The Morgan fingerprint density at radius 3 is 2.36 bits per heavy atom. The van der Waals surface area contributed by atoms with Crippen molar-refractivity contribution in [3.63, 3.8) is 0 Å². The van der Waals surface area contributed by atoms with Gasteiger partial charge in [-0.15, -0.1) is 0 Å². The summed E-state index contributed by atoms with van der Waals surface area (Å²) in [5, 5.41) is 5.53. The highest BCUT2D eigenvalue weighted by Gasteiger charge is 2.15. The van der Waals surface area contributed by atoms with Crippen LogP contribution in [0.2, 0.25) is 0 Å². The molecule has 134 valence electrons. The van der Waals surface area contributed by atoms with E-state index in [0.717, 1.165) is 11.1 Å². The molecule has 2 aromatic carbocycles. The second-order valence-electron chi connectivity index (χ2n) is 6.05. The number of likely N-dealkylation sites (N-methyl/N-ethyl adjacent to an activating group) is 1. The zero-order valence-corrected chi connectivity index (χ0v) is 14.4. The molecule has 1 unspecified atom stereocenters. The fourth-order valence-corrected chi connectivity index (χ4v) is 2.58. The first-order valence-corrected chi connectivity index (χ1v) is 8.14. The second kappa shape index (κ2) is 9.13. The molecule has 25 heavy (non-hydrogen) atoms. The van der Waals surface area contributed by atoms with Crippen LogP contribution in [-0.4, -0.2) is 38.1 Å². The van der Waals surface area contributed by atoms with Crippen LogP contribution in [0.3, 0.4) is 0 Å². The van der Waals surface area contributed by atoms with Crippen LogP contribution in [0.25, 0.3) is 0 Å². The average molecular weight is 347 g/mol. The lowest BCUT2D eigenvalue weighted by Gasteiger charge is -2.25. The first kappa shape index (κ1) is 18.9. The van der Waals surface area contributed by atoms with Crippen molar-refractivity contribution in [1.29, 1.82) is 0 Å². The first-order chi connectivity index (χ1) is 12.0. The van der Waals surface area contributed by atoms with Crippen LogP contribution in [0.5, 0.6) is 0 Å². The number of nitrogens with zero attached hydrogens (tertiary/aromatic N) is 1. The molecule has 0 aliphatic carbocycles. The Morgan fingerprint density at radius 1 is 1.04 bits per heavy atom. The molecule has 1 atom stereocenters. The summed E-state index contributed by atoms with van der Waals surface area (Å²) in [6.07, 6.45) is 0.548. The summed E-state index contributed by atoms with van der Waals surface area (Å²) in [6, 6.07) is 12.2. The van der Waals surface area contributed by atoms with Gasteiger partial charge in [-0.25, -0.2) is 13.6 Å². The number of carbonyl (C=O) groups excluding carboxylic acids is 1. The Morgan fingerprint density at radius 2 is 1.72 bits per heavy atom. The summed E-state index contributed by atoms with van der Waals surface area (Å²) in [4.78, 5) is 13.9. The molecular weight excluding hydrogens is 324 g/mol. The normalized spacial score (nSPS) is 12.0. The SMILES string of the molecule is CN(C)C(CNC(=O)NCCc1cccc(F)c1)c1cccc(F)c1. The number of halogens is 2. The maximum absolute atomic E-state index is 13.4. The Labute approximate surface area is 146 Å². The second-order valence-corrected chi connectivity index (χ2v) is 6.05. The molecule has 0 heterocycles. The Kier molecular flexibility index (Phi) is 6.89. The molecule has 0 aromatic heterocycles. The molecule has 0 bridgehead atoms. The Balaban J connectivity index is 1.81. The quantitative estimate of drug-likeness (QED) is 0.808. The maximum atomic E-state index is 13.4. The summed E-state index contributed by atoms with van der Waals surface area (Å²) in [5.41, 5.74) is 1.62. The van der Waals surface area contributed by atoms with E-state index in [0.29, 0.717) is 19.5 Å². The van der Waals surface area contributed by atoms with Gasteiger partial charge in [0.15, 0.2) is 0 Å². The van der Waals surface area contributed by atoms with E-state index >= 15 is 0 Å². The first-order valence-electron chi connectivity index (χ1n) is 8.14. The maximum Gasteiger partial charge on any atom is 0.314 e. The molecule has 0 spiro atoms. The summed E-state index contributed by atoms with van der Waals surface area (Å²) >= 11 is 0. The van der Waals surface area contributed by atoms with E-state index < -0.39 is 0 Å². The van der Waals surface area contributed by atoms with Crippen LogP contribution in [0.1, 0.15) is 17.2 Å². The van der Waals surface area contributed by atoms with Gasteiger partial charge in [-0.3, -0.25) is 0 Å². The van der Waals surface area contributed by atoms with E-state index in [-0.39, 0.29) is 23.7 Å². The average Bonchev–Trinajstić information content (AvgIpc) is 2.55. The fourth-order valence-electron chi connectivity index (χ4n) is 2.58. The van der Waals surface area contributed by atoms with Crippen molar-refractivity contribution in [1.82, 2.24) is 15.5 Å². The van der Waals surface area contributed by atoms with Gasteiger partial charge < -0.3 is 15.5 Å². The van der Waals surface area contributed by atoms with Gasteiger partial charge in [0.2, 0.25) is 0 Å². The molecule has 6 heteroatoms. The zero-order valence-electron chi connectivity index (χ0n) is 14.4. The van der Waals surface area contributed by atoms with Crippen molar-refractivity contribution in [2.75, 3.05) is 27.2 Å². The van der Waals surface area contributed by atoms with Crippen LogP contribution in [0.4, 0.5) is 13.6 Å². The van der Waals surface area contributed by atoms with Crippen LogP contribution in [-0.2, 0) is 6.42 Å². The lowest BCUT2D eigenvalue weighted by molar-refractivity contribution is 0.233. The lowest BCUT2D eigenvalue weighted by atomic mass is 10.1. The van der Waals surface area contributed by atoms with Gasteiger partial charge in [0, 0.05) is 13.1 Å². The van der Waals surface area contributed by atoms with E-state index in [2.05, 4.69) is 10.6 Å². The third-order valence-corrected chi connectivity index (χ3v) is 3.90. The van der Waals surface area contributed by atoms with Crippen LogP contribution in [0, 0.1) is 11.6 Å². The highest BCUT2D eigenvalue weighted by atomic mass is 19.1. The zero-order chi connectivity index (χ0) is 18.2. The summed E-state index contributed by atoms with van der Waals surface area (Å²) in [5.74, 6) is -0.588. The minimum atomic E-state index is -0.306. The highest BCUT2D eigenvalue weighted by Crippen LogP contribution is 2.18. The molecule has 0 aliphatic rings. The van der Waals surface area contributed by atoms with Crippen molar-refractivity contribution in [3.8, 4) is 0 Å². The molecule has 2 aromatic rings. The summed E-state index contributed by atoms with van der Waals surface area (Å²) < 4.78 is 26.5. The predicted octanol–water partition coefficient (Wildman–Crippen LogP) is 3.11. The third kappa shape index (κ3) is 6.15. The highest BCUT2D eigenvalue weighted by molar-refractivity contribution is 5.73. The Hall–Kier alpha value is -2.47. The number of carbonyl (C=O) groups is 1. The summed E-state index contributed by atoms with van der Waals surface area (Å²) in [7, 11) is 3.75. The molecule has 0 saturated carbocycles. The molecule has 2 rings (SSSR count). The minimum absolute atomic E-state index is 0.135. The van der Waals surface area contributed by atoms with Crippen LogP contribution >= 0.6 is 0 Å². The number of amides is 2. The van der Waals surface area contributed by atoms with Crippen molar-refractivity contribution in [3.05, 3.63) is 71.3 Å². The van der Waals surface area contributed by atoms with Crippen molar-refractivity contribution in [2.24, 2.45) is 0 Å². The van der Waals surface area contributed by atoms with Crippen molar-refractivity contribution in [2.45, 2.75) is 12.5 Å². The predicted molar refractivity (Wildman–Crippen MR) is 94.3 cm³/mol. The van der Waals surface area contributed by atoms with E-state index in [9.17, 15) is 13.6 Å².